The van der Waals surface area contributed by atoms with Gasteiger partial charge in [-0.05, 0) is 67.3 Å². The van der Waals surface area contributed by atoms with E-state index in [2.05, 4.69) is 13.5 Å². The average Bonchev–Trinajstić information content (AvgIpc) is 2.90. The van der Waals surface area contributed by atoms with Crippen LogP contribution in [0, 0.1) is 33.3 Å². The van der Waals surface area contributed by atoms with Crippen LogP contribution in [-0.2, 0) is 0 Å². The van der Waals surface area contributed by atoms with E-state index in [1.165, 1.54) is 6.92 Å². The first-order valence-corrected chi connectivity index (χ1v) is 9.87. The van der Waals surface area contributed by atoms with Crippen molar-refractivity contribution in [1.29, 1.82) is 0 Å². The van der Waals surface area contributed by atoms with Crippen molar-refractivity contribution in [2.24, 2.45) is 23.2 Å². The molecular weight excluding hydrogens is 330 g/mol. The number of fused-ring (bicyclic) bond motifs is 3. The smallest absolute Gasteiger partial charge is 0.306 e. The van der Waals surface area contributed by atoms with Crippen molar-refractivity contribution in [3.63, 3.8) is 0 Å². The first-order chi connectivity index (χ1) is 12.3. The van der Waals surface area contributed by atoms with E-state index >= 15 is 0 Å². The molecular formula is C21H33NO4. The van der Waals surface area contributed by atoms with E-state index in [-0.39, 0.29) is 28.9 Å². The van der Waals surface area contributed by atoms with Crippen LogP contribution in [0.15, 0.2) is 35.3 Å². The Balaban J connectivity index is 0.00000117. The standard InChI is InChI=1S/C19H27NO4.C2H6/c1-11-4-5-14-13(15(11)10-17(12(2)21)20(23)24)8-9-19(3)16(14)6-7-18(19)22;1-2/h10,13-14,16,18,21-22H,1,4-9H2,2-3H3;1-2H3/b15-10+,17-12-;/t13?,14?,16?,18-,19-;/m0./s1. The molecule has 5 nitrogen and oxygen atoms in total. The van der Waals surface area contributed by atoms with Crippen LogP contribution in [0.2, 0.25) is 0 Å². The van der Waals surface area contributed by atoms with Crippen molar-refractivity contribution in [3.8, 4) is 0 Å². The Morgan fingerprint density at radius 2 is 1.96 bits per heavy atom. The van der Waals surface area contributed by atoms with E-state index in [0.717, 1.165) is 49.7 Å². The Morgan fingerprint density at radius 3 is 2.54 bits per heavy atom. The molecule has 5 heteroatoms. The zero-order valence-corrected chi connectivity index (χ0v) is 16.5. The van der Waals surface area contributed by atoms with E-state index in [1.807, 2.05) is 13.8 Å². The molecule has 0 radical (unpaired) electrons. The molecule has 3 fully saturated rings. The number of hydrogen-bond donors (Lipinski definition) is 2. The van der Waals surface area contributed by atoms with Crippen LogP contribution in [0.1, 0.15) is 66.2 Å². The van der Waals surface area contributed by atoms with Crippen molar-refractivity contribution >= 4 is 0 Å². The summed E-state index contributed by atoms with van der Waals surface area (Å²) in [7, 11) is 0. The predicted octanol–water partition coefficient (Wildman–Crippen LogP) is 5.16. The van der Waals surface area contributed by atoms with Gasteiger partial charge in [-0.15, -0.1) is 0 Å². The summed E-state index contributed by atoms with van der Waals surface area (Å²) in [6, 6.07) is 0. The van der Waals surface area contributed by atoms with Gasteiger partial charge in [-0.3, -0.25) is 10.1 Å². The van der Waals surface area contributed by atoms with Gasteiger partial charge in [0.05, 0.1) is 11.0 Å². The summed E-state index contributed by atoms with van der Waals surface area (Å²) in [4.78, 5) is 10.7. The van der Waals surface area contributed by atoms with Crippen LogP contribution in [0.4, 0.5) is 0 Å². The summed E-state index contributed by atoms with van der Waals surface area (Å²) in [5.74, 6) is 0.911. The molecule has 0 aromatic carbocycles. The molecule has 0 spiro atoms. The molecule has 3 aliphatic carbocycles. The van der Waals surface area contributed by atoms with Gasteiger partial charge in [0.1, 0.15) is 0 Å². The molecule has 0 heterocycles. The summed E-state index contributed by atoms with van der Waals surface area (Å²) in [5.41, 5.74) is 1.65. The second-order valence-electron chi connectivity index (χ2n) is 7.98. The Kier molecular flexibility index (Phi) is 6.33. The lowest BCUT2D eigenvalue weighted by Gasteiger charge is -2.50. The van der Waals surface area contributed by atoms with Crippen molar-refractivity contribution in [2.45, 2.75) is 72.3 Å². The zero-order chi connectivity index (χ0) is 19.6. The summed E-state index contributed by atoms with van der Waals surface area (Å²) >= 11 is 0. The summed E-state index contributed by atoms with van der Waals surface area (Å²) in [5, 5.41) is 31.3. The zero-order valence-electron chi connectivity index (χ0n) is 16.5. The van der Waals surface area contributed by atoms with Gasteiger partial charge in [0.25, 0.3) is 0 Å². The fraction of sp³-hybridized carbons (Fsp3) is 0.714. The third-order valence-electron chi connectivity index (χ3n) is 6.83. The highest BCUT2D eigenvalue weighted by atomic mass is 16.6. The number of nitrogens with zero attached hydrogens (tertiary/aromatic N) is 1. The lowest BCUT2D eigenvalue weighted by Crippen LogP contribution is -2.45. The maximum Gasteiger partial charge on any atom is 0.306 e. The van der Waals surface area contributed by atoms with Crippen LogP contribution in [0.5, 0.6) is 0 Å². The van der Waals surface area contributed by atoms with Gasteiger partial charge in [0, 0.05) is 13.0 Å². The summed E-state index contributed by atoms with van der Waals surface area (Å²) in [6.45, 7) is 11.7. The van der Waals surface area contributed by atoms with Crippen LogP contribution in [-0.4, -0.2) is 21.2 Å². The van der Waals surface area contributed by atoms with Gasteiger partial charge in [-0.1, -0.05) is 32.9 Å². The van der Waals surface area contributed by atoms with Crippen molar-refractivity contribution in [1.82, 2.24) is 0 Å². The minimum absolute atomic E-state index is 0.0143. The third kappa shape index (κ3) is 3.46. The molecule has 0 aliphatic heterocycles. The number of rotatable bonds is 2. The normalized spacial score (nSPS) is 38.7. The second kappa shape index (κ2) is 7.95. The maximum atomic E-state index is 11.2. The molecule has 0 saturated heterocycles. The molecule has 3 unspecified atom stereocenters. The van der Waals surface area contributed by atoms with Gasteiger partial charge in [0.2, 0.25) is 0 Å². The third-order valence-corrected chi connectivity index (χ3v) is 6.83. The molecule has 0 aromatic heterocycles. The molecule has 0 bridgehead atoms. The van der Waals surface area contributed by atoms with Crippen LogP contribution in [0.3, 0.4) is 0 Å². The van der Waals surface area contributed by atoms with Gasteiger partial charge in [-0.2, -0.15) is 0 Å². The minimum atomic E-state index is -0.522. The highest BCUT2D eigenvalue weighted by Gasteiger charge is 2.54. The quantitative estimate of drug-likeness (QED) is 0.403. The molecule has 26 heavy (non-hydrogen) atoms. The van der Waals surface area contributed by atoms with Gasteiger partial charge in [0.15, 0.2) is 5.76 Å². The summed E-state index contributed by atoms with van der Waals surface area (Å²) < 4.78 is 0. The Labute approximate surface area is 156 Å². The van der Waals surface area contributed by atoms with Crippen molar-refractivity contribution in [3.05, 3.63) is 45.4 Å². The fourth-order valence-corrected chi connectivity index (χ4v) is 5.44. The topological polar surface area (TPSA) is 83.6 Å². The number of allylic oxidation sites excluding steroid dienone is 4. The van der Waals surface area contributed by atoms with E-state index in [9.17, 15) is 20.3 Å². The lowest BCUT2D eigenvalue weighted by atomic mass is 9.54. The minimum Gasteiger partial charge on any atom is -0.506 e. The van der Waals surface area contributed by atoms with Gasteiger partial charge >= 0.3 is 5.70 Å². The Hall–Kier alpha value is -1.62. The van der Waals surface area contributed by atoms with E-state index in [1.54, 1.807) is 6.08 Å². The fourth-order valence-electron chi connectivity index (χ4n) is 5.44. The average molecular weight is 363 g/mol. The number of aliphatic hydroxyl groups excluding tert-OH is 2. The molecule has 0 amide bonds. The monoisotopic (exact) mass is 363 g/mol. The largest absolute Gasteiger partial charge is 0.506 e. The summed E-state index contributed by atoms with van der Waals surface area (Å²) in [6.07, 6.45) is 6.97. The van der Waals surface area contributed by atoms with Crippen LogP contribution >= 0.6 is 0 Å². The number of nitro groups is 1. The van der Waals surface area contributed by atoms with E-state index in [4.69, 9.17) is 0 Å². The van der Waals surface area contributed by atoms with Crippen LogP contribution < -0.4 is 0 Å². The number of aliphatic hydroxyl groups is 2. The number of hydrogen-bond acceptors (Lipinski definition) is 4. The first-order valence-electron chi connectivity index (χ1n) is 9.87. The van der Waals surface area contributed by atoms with Crippen molar-refractivity contribution in [2.75, 3.05) is 0 Å². The molecule has 146 valence electrons. The second-order valence-corrected chi connectivity index (χ2v) is 7.98. The van der Waals surface area contributed by atoms with Gasteiger partial charge in [-0.25, -0.2) is 0 Å². The van der Waals surface area contributed by atoms with Crippen LogP contribution in [0.25, 0.3) is 0 Å². The SMILES string of the molecule is C=C1CCC2C(CC[C@@]3(C)C2CC[C@@H]3O)/C1=C/C(=C(\C)O)[N+](=O)[O-].CC. The molecule has 3 aliphatic rings. The van der Waals surface area contributed by atoms with E-state index < -0.39 is 4.92 Å². The van der Waals surface area contributed by atoms with Gasteiger partial charge < -0.3 is 10.2 Å². The van der Waals surface area contributed by atoms with E-state index in [0.29, 0.717) is 11.8 Å². The maximum absolute atomic E-state index is 11.2. The lowest BCUT2D eigenvalue weighted by molar-refractivity contribution is -0.422. The molecule has 2 N–H and O–H groups in total. The van der Waals surface area contributed by atoms with Crippen molar-refractivity contribution < 1.29 is 15.1 Å². The Morgan fingerprint density at radius 1 is 1.31 bits per heavy atom. The highest BCUT2D eigenvalue weighted by molar-refractivity contribution is 5.39. The first kappa shape index (κ1) is 20.7. The highest BCUT2D eigenvalue weighted by Crippen LogP contribution is 2.60. The Bertz CT molecular complexity index is 632. The molecule has 3 saturated carbocycles. The molecule has 5 atom stereocenters. The molecule has 3 rings (SSSR count). The predicted molar refractivity (Wildman–Crippen MR) is 103 cm³/mol. The molecule has 0 aromatic rings.